The van der Waals surface area contributed by atoms with Crippen molar-refractivity contribution in [2.24, 2.45) is 0 Å². The molecule has 0 aromatic carbocycles. The molecular formula is C7H12N2O4S. The number of carbonyl (C=O) groups is 3. The Kier molecular flexibility index (Phi) is 5.70. The number of thioether (sulfide) groups is 1. The van der Waals surface area contributed by atoms with Gasteiger partial charge in [-0.25, -0.2) is 0 Å². The number of hydrogen-bond donors (Lipinski definition) is 3. The minimum Gasteiger partial charge on any atom is -0.480 e. The molecule has 0 aliphatic carbocycles. The zero-order valence-electron chi connectivity index (χ0n) is 7.86. The van der Waals surface area contributed by atoms with E-state index in [2.05, 4.69) is 10.9 Å². The zero-order chi connectivity index (χ0) is 11.1. The van der Waals surface area contributed by atoms with Gasteiger partial charge in [-0.3, -0.25) is 25.2 Å². The highest BCUT2D eigenvalue weighted by molar-refractivity contribution is 8.01. The average molecular weight is 220 g/mol. The fraction of sp³-hybridized carbons (Fsp3) is 0.571. The molecule has 0 heterocycles. The first-order valence-corrected chi connectivity index (χ1v) is 4.88. The normalized spacial score (nSPS) is 11.6. The van der Waals surface area contributed by atoms with Crippen LogP contribution in [-0.4, -0.2) is 33.9 Å². The Bertz CT molecular complexity index is 244. The van der Waals surface area contributed by atoms with Crippen LogP contribution < -0.4 is 10.9 Å². The molecule has 0 saturated carbocycles. The van der Waals surface area contributed by atoms with Crippen LogP contribution in [-0.2, 0) is 14.4 Å². The highest BCUT2D eigenvalue weighted by Crippen LogP contribution is 2.09. The van der Waals surface area contributed by atoms with Crippen molar-refractivity contribution < 1.29 is 19.5 Å². The highest BCUT2D eigenvalue weighted by atomic mass is 32.2. The Morgan fingerprint density at radius 1 is 1.36 bits per heavy atom. The summed E-state index contributed by atoms with van der Waals surface area (Å²) in [5.74, 6) is -1.79. The van der Waals surface area contributed by atoms with E-state index in [-0.39, 0.29) is 11.7 Å². The number of carboxylic acids is 1. The van der Waals surface area contributed by atoms with Crippen LogP contribution in [0.1, 0.15) is 13.8 Å². The van der Waals surface area contributed by atoms with Crippen LogP contribution in [0.4, 0.5) is 0 Å². The summed E-state index contributed by atoms with van der Waals surface area (Å²) in [7, 11) is 0. The predicted molar refractivity (Wildman–Crippen MR) is 51.5 cm³/mol. The number of carboxylic acid groups (broad SMARTS) is 1. The molecule has 1 atom stereocenters. The van der Waals surface area contributed by atoms with E-state index in [1.54, 1.807) is 0 Å². The number of nitrogens with one attached hydrogen (secondary N) is 2. The van der Waals surface area contributed by atoms with Gasteiger partial charge in [0.05, 0.1) is 11.0 Å². The number of amides is 2. The Morgan fingerprint density at radius 3 is 2.36 bits per heavy atom. The molecule has 3 N–H and O–H groups in total. The number of hydrogen-bond acceptors (Lipinski definition) is 4. The SMILES string of the molecule is CC(=O)NNC(=O)CSC(C)C(=O)O. The van der Waals surface area contributed by atoms with E-state index in [0.717, 1.165) is 11.8 Å². The van der Waals surface area contributed by atoms with Gasteiger partial charge in [0.2, 0.25) is 11.8 Å². The molecule has 80 valence electrons. The molecule has 1 unspecified atom stereocenters. The smallest absolute Gasteiger partial charge is 0.316 e. The Labute approximate surface area is 85.4 Å². The van der Waals surface area contributed by atoms with E-state index in [9.17, 15) is 14.4 Å². The van der Waals surface area contributed by atoms with Crippen molar-refractivity contribution in [3.63, 3.8) is 0 Å². The van der Waals surface area contributed by atoms with Gasteiger partial charge in [-0.1, -0.05) is 0 Å². The second kappa shape index (κ2) is 6.25. The van der Waals surface area contributed by atoms with Crippen molar-refractivity contribution in [3.8, 4) is 0 Å². The number of hydrazine groups is 1. The topological polar surface area (TPSA) is 95.5 Å². The molecule has 7 heteroatoms. The van der Waals surface area contributed by atoms with Crippen LogP contribution in [0.25, 0.3) is 0 Å². The first-order chi connectivity index (χ1) is 6.43. The van der Waals surface area contributed by atoms with Gasteiger partial charge in [-0.05, 0) is 6.92 Å². The van der Waals surface area contributed by atoms with Gasteiger partial charge in [0.15, 0.2) is 0 Å². The summed E-state index contributed by atoms with van der Waals surface area (Å²) in [4.78, 5) is 31.7. The van der Waals surface area contributed by atoms with Crippen molar-refractivity contribution in [2.75, 3.05) is 5.75 Å². The minimum atomic E-state index is -0.970. The summed E-state index contributed by atoms with van der Waals surface area (Å²) in [5.41, 5.74) is 4.22. The van der Waals surface area contributed by atoms with Crippen LogP contribution in [0.3, 0.4) is 0 Å². The van der Waals surface area contributed by atoms with Crippen LogP contribution >= 0.6 is 11.8 Å². The van der Waals surface area contributed by atoms with E-state index in [1.807, 2.05) is 0 Å². The van der Waals surface area contributed by atoms with E-state index in [4.69, 9.17) is 5.11 Å². The van der Waals surface area contributed by atoms with Gasteiger partial charge in [0, 0.05) is 6.92 Å². The van der Waals surface area contributed by atoms with Gasteiger partial charge in [-0.15, -0.1) is 11.8 Å². The summed E-state index contributed by atoms with van der Waals surface area (Å²) in [5, 5.41) is 7.85. The molecule has 0 bridgehead atoms. The molecule has 0 aliphatic rings. The molecule has 0 aromatic rings. The van der Waals surface area contributed by atoms with E-state index in [1.165, 1.54) is 13.8 Å². The van der Waals surface area contributed by atoms with Crippen molar-refractivity contribution in [3.05, 3.63) is 0 Å². The first kappa shape index (κ1) is 12.8. The van der Waals surface area contributed by atoms with E-state index < -0.39 is 17.1 Å². The molecule has 0 fully saturated rings. The van der Waals surface area contributed by atoms with Gasteiger partial charge >= 0.3 is 5.97 Å². The number of carbonyl (C=O) groups excluding carboxylic acids is 2. The zero-order valence-corrected chi connectivity index (χ0v) is 8.68. The maximum atomic E-state index is 10.9. The molecule has 0 aliphatic heterocycles. The third kappa shape index (κ3) is 6.30. The standard InChI is InChI=1S/C7H12N2O4S/c1-4(7(12)13)14-3-6(11)9-8-5(2)10/h4H,3H2,1-2H3,(H,8,10)(H,9,11)(H,12,13). The lowest BCUT2D eigenvalue weighted by molar-refractivity contribution is -0.136. The van der Waals surface area contributed by atoms with Crippen LogP contribution in [0.5, 0.6) is 0 Å². The van der Waals surface area contributed by atoms with Gasteiger partial charge in [0.25, 0.3) is 0 Å². The predicted octanol–water partition coefficient (Wildman–Crippen LogP) is -0.640. The number of rotatable bonds is 4. The molecular weight excluding hydrogens is 208 g/mol. The summed E-state index contributed by atoms with van der Waals surface area (Å²) in [6, 6.07) is 0. The fourth-order valence-electron chi connectivity index (χ4n) is 0.466. The maximum absolute atomic E-state index is 10.9. The van der Waals surface area contributed by atoms with Gasteiger partial charge in [0.1, 0.15) is 0 Å². The first-order valence-electron chi connectivity index (χ1n) is 3.83. The van der Waals surface area contributed by atoms with E-state index >= 15 is 0 Å². The summed E-state index contributed by atoms with van der Waals surface area (Å²) in [6.07, 6.45) is 0. The highest BCUT2D eigenvalue weighted by Gasteiger charge is 2.13. The third-order valence-corrected chi connectivity index (χ3v) is 2.32. The molecule has 0 radical (unpaired) electrons. The second-order valence-corrected chi connectivity index (χ2v) is 3.85. The summed E-state index contributed by atoms with van der Waals surface area (Å²) < 4.78 is 0. The Balaban J connectivity index is 3.64. The molecule has 14 heavy (non-hydrogen) atoms. The molecule has 0 saturated heterocycles. The number of aliphatic carboxylic acids is 1. The van der Waals surface area contributed by atoms with Crippen LogP contribution in [0, 0.1) is 0 Å². The lowest BCUT2D eigenvalue weighted by atomic mass is 10.5. The van der Waals surface area contributed by atoms with Crippen LogP contribution in [0.15, 0.2) is 0 Å². The Morgan fingerprint density at radius 2 is 1.93 bits per heavy atom. The lowest BCUT2D eigenvalue weighted by Crippen LogP contribution is -2.41. The quantitative estimate of drug-likeness (QED) is 0.548. The van der Waals surface area contributed by atoms with Gasteiger partial charge < -0.3 is 5.11 Å². The summed E-state index contributed by atoms with van der Waals surface area (Å²) in [6.45, 7) is 2.74. The fourth-order valence-corrected chi connectivity index (χ4v) is 1.08. The maximum Gasteiger partial charge on any atom is 0.316 e. The van der Waals surface area contributed by atoms with E-state index in [0.29, 0.717) is 0 Å². The van der Waals surface area contributed by atoms with Gasteiger partial charge in [-0.2, -0.15) is 0 Å². The van der Waals surface area contributed by atoms with Crippen molar-refractivity contribution in [2.45, 2.75) is 19.1 Å². The minimum absolute atomic E-state index is 0.00620. The molecule has 6 nitrogen and oxygen atoms in total. The monoisotopic (exact) mass is 220 g/mol. The largest absolute Gasteiger partial charge is 0.480 e. The van der Waals surface area contributed by atoms with Crippen LogP contribution in [0.2, 0.25) is 0 Å². The second-order valence-electron chi connectivity index (χ2n) is 2.52. The summed E-state index contributed by atoms with van der Waals surface area (Å²) >= 11 is 0.981. The van der Waals surface area contributed by atoms with Crippen molar-refractivity contribution in [1.82, 2.24) is 10.9 Å². The average Bonchev–Trinajstić information content (AvgIpc) is 2.10. The van der Waals surface area contributed by atoms with Crippen molar-refractivity contribution in [1.29, 1.82) is 0 Å². The molecule has 0 spiro atoms. The van der Waals surface area contributed by atoms with Crippen molar-refractivity contribution >= 4 is 29.5 Å². The molecule has 2 amide bonds. The lowest BCUT2D eigenvalue weighted by Gasteiger charge is -2.06. The molecule has 0 aromatic heterocycles. The third-order valence-electron chi connectivity index (χ3n) is 1.19. The Hall–Kier alpha value is -1.24. The molecule has 0 rings (SSSR count).